The molecular formula is C8H6Cl4O. The van der Waals surface area contributed by atoms with Crippen LogP contribution in [0.5, 0.6) is 0 Å². The fourth-order valence-corrected chi connectivity index (χ4v) is 0.892. The van der Waals surface area contributed by atoms with E-state index in [1.807, 2.05) is 0 Å². The number of alkyl halides is 2. The molecule has 0 fully saturated rings. The predicted molar refractivity (Wildman–Crippen MR) is 58.4 cm³/mol. The lowest BCUT2D eigenvalue weighted by Gasteiger charge is -1.93. The van der Waals surface area contributed by atoms with Gasteiger partial charge in [-0.1, -0.05) is 29.3 Å². The molecule has 0 atom stereocenters. The van der Waals surface area contributed by atoms with Gasteiger partial charge in [0.2, 0.25) is 0 Å². The van der Waals surface area contributed by atoms with E-state index in [0.29, 0.717) is 15.6 Å². The average Bonchev–Trinajstić information content (AvgIpc) is 2.11. The molecule has 0 unspecified atom stereocenters. The standard InChI is InChI=1S/C7H4Cl2O.CH2Cl2/c8-6-2-1-5(4-10)3-7(6)9;2-1-3/h1-4H;1H2. The fraction of sp³-hybridized carbons (Fsp3) is 0.125. The van der Waals surface area contributed by atoms with Crippen LogP contribution in [0.25, 0.3) is 0 Å². The van der Waals surface area contributed by atoms with E-state index >= 15 is 0 Å². The molecule has 1 nitrogen and oxygen atoms in total. The molecule has 13 heavy (non-hydrogen) atoms. The van der Waals surface area contributed by atoms with Crippen molar-refractivity contribution in [3.8, 4) is 0 Å². The van der Waals surface area contributed by atoms with E-state index in [9.17, 15) is 4.79 Å². The van der Waals surface area contributed by atoms with Crippen molar-refractivity contribution < 1.29 is 4.79 Å². The van der Waals surface area contributed by atoms with Gasteiger partial charge < -0.3 is 0 Å². The summed E-state index contributed by atoms with van der Waals surface area (Å²) in [6.45, 7) is 0. The van der Waals surface area contributed by atoms with E-state index in [2.05, 4.69) is 0 Å². The minimum absolute atomic E-state index is 0.194. The quantitative estimate of drug-likeness (QED) is 0.545. The molecule has 0 aliphatic rings. The van der Waals surface area contributed by atoms with Gasteiger partial charge in [0.05, 0.1) is 15.4 Å². The summed E-state index contributed by atoms with van der Waals surface area (Å²) in [6.07, 6.45) is 0.724. The Morgan fingerprint density at radius 2 is 1.69 bits per heavy atom. The first-order chi connectivity index (χ1) is 6.15. The maximum absolute atomic E-state index is 10.2. The van der Waals surface area contributed by atoms with Crippen molar-refractivity contribution in [2.75, 3.05) is 5.34 Å². The summed E-state index contributed by atoms with van der Waals surface area (Å²) >= 11 is 20.7. The van der Waals surface area contributed by atoms with Crippen LogP contribution in [0.15, 0.2) is 18.2 Å². The third kappa shape index (κ3) is 5.37. The predicted octanol–water partition coefficient (Wildman–Crippen LogP) is 4.23. The second-order valence-electron chi connectivity index (χ2n) is 1.89. The molecule has 72 valence electrons. The maximum atomic E-state index is 10.2. The Balaban J connectivity index is 0.000000424. The van der Waals surface area contributed by atoms with Gasteiger partial charge in [0.1, 0.15) is 6.29 Å². The van der Waals surface area contributed by atoms with Gasteiger partial charge in [0.25, 0.3) is 0 Å². The summed E-state index contributed by atoms with van der Waals surface area (Å²) in [6, 6.07) is 4.73. The molecule has 0 spiro atoms. The highest BCUT2D eigenvalue weighted by Crippen LogP contribution is 2.21. The topological polar surface area (TPSA) is 17.1 Å². The third-order valence-electron chi connectivity index (χ3n) is 1.08. The van der Waals surface area contributed by atoms with Crippen LogP contribution in [-0.2, 0) is 0 Å². The monoisotopic (exact) mass is 258 g/mol. The van der Waals surface area contributed by atoms with E-state index in [-0.39, 0.29) is 5.34 Å². The average molecular weight is 260 g/mol. The van der Waals surface area contributed by atoms with Crippen LogP contribution >= 0.6 is 46.4 Å². The molecule has 0 aliphatic carbocycles. The Bertz CT molecular complexity index is 275. The van der Waals surface area contributed by atoms with Gasteiger partial charge in [-0.2, -0.15) is 0 Å². The largest absolute Gasteiger partial charge is 0.298 e. The Labute approximate surface area is 96.5 Å². The van der Waals surface area contributed by atoms with Crippen LogP contribution in [0.1, 0.15) is 10.4 Å². The summed E-state index contributed by atoms with van der Waals surface area (Å²) < 4.78 is 0. The molecular weight excluding hydrogens is 254 g/mol. The van der Waals surface area contributed by atoms with Crippen LogP contribution in [0, 0.1) is 0 Å². The first-order valence-corrected chi connectivity index (χ1v) is 5.00. The zero-order valence-corrected chi connectivity index (χ0v) is 9.46. The van der Waals surface area contributed by atoms with E-state index in [1.165, 1.54) is 6.07 Å². The van der Waals surface area contributed by atoms with Crippen molar-refractivity contribution in [2.45, 2.75) is 0 Å². The zero-order valence-electron chi connectivity index (χ0n) is 6.44. The highest BCUT2D eigenvalue weighted by atomic mass is 35.5. The molecule has 0 heterocycles. The number of halogens is 4. The van der Waals surface area contributed by atoms with Gasteiger partial charge >= 0.3 is 0 Å². The van der Waals surface area contributed by atoms with Crippen LogP contribution in [0.2, 0.25) is 10.0 Å². The van der Waals surface area contributed by atoms with Crippen molar-refractivity contribution in [1.29, 1.82) is 0 Å². The second kappa shape index (κ2) is 7.45. The first-order valence-electron chi connectivity index (χ1n) is 3.17. The van der Waals surface area contributed by atoms with Crippen LogP contribution in [0.3, 0.4) is 0 Å². The van der Waals surface area contributed by atoms with E-state index in [0.717, 1.165) is 6.29 Å². The van der Waals surface area contributed by atoms with Crippen LogP contribution in [-0.4, -0.2) is 11.6 Å². The van der Waals surface area contributed by atoms with E-state index < -0.39 is 0 Å². The van der Waals surface area contributed by atoms with Crippen molar-refractivity contribution in [1.82, 2.24) is 0 Å². The Morgan fingerprint density at radius 3 is 2.08 bits per heavy atom. The summed E-state index contributed by atoms with van der Waals surface area (Å²) in [4.78, 5) is 10.2. The molecule has 5 heteroatoms. The molecule has 0 aromatic heterocycles. The number of aldehydes is 1. The molecule has 0 saturated carbocycles. The van der Waals surface area contributed by atoms with Gasteiger partial charge in [-0.25, -0.2) is 0 Å². The first kappa shape index (κ1) is 13.1. The Kier molecular flexibility index (Phi) is 7.48. The number of hydrogen-bond donors (Lipinski definition) is 0. The zero-order chi connectivity index (χ0) is 10.3. The Hall–Kier alpha value is 0.0500. The van der Waals surface area contributed by atoms with Gasteiger partial charge in [0.15, 0.2) is 0 Å². The minimum Gasteiger partial charge on any atom is -0.298 e. The lowest BCUT2D eigenvalue weighted by molar-refractivity contribution is 0.112. The second-order valence-corrected chi connectivity index (χ2v) is 3.51. The highest BCUT2D eigenvalue weighted by Gasteiger charge is 1.96. The summed E-state index contributed by atoms with van der Waals surface area (Å²) in [5.41, 5.74) is 0.536. The number of carbonyl (C=O) groups is 1. The smallest absolute Gasteiger partial charge is 0.150 e. The molecule has 0 N–H and O–H groups in total. The summed E-state index contributed by atoms with van der Waals surface area (Å²) in [5, 5.41) is 1.07. The number of hydrogen-bond acceptors (Lipinski definition) is 1. The fourth-order valence-electron chi connectivity index (χ4n) is 0.586. The van der Waals surface area contributed by atoms with E-state index in [1.54, 1.807) is 12.1 Å². The summed E-state index contributed by atoms with van der Waals surface area (Å²) in [7, 11) is 0. The molecule has 0 saturated heterocycles. The highest BCUT2D eigenvalue weighted by molar-refractivity contribution is 6.42. The molecule has 0 amide bonds. The SMILES string of the molecule is ClCCl.O=Cc1ccc(Cl)c(Cl)c1. The molecule has 1 aromatic rings. The molecule has 0 bridgehead atoms. The van der Waals surface area contributed by atoms with Gasteiger partial charge in [-0.05, 0) is 12.1 Å². The third-order valence-corrected chi connectivity index (χ3v) is 1.82. The molecule has 1 aromatic carbocycles. The summed E-state index contributed by atoms with van der Waals surface area (Å²) in [5.74, 6) is 0. The van der Waals surface area contributed by atoms with Crippen LogP contribution < -0.4 is 0 Å². The lowest BCUT2D eigenvalue weighted by Crippen LogP contribution is -1.77. The number of carbonyl (C=O) groups excluding carboxylic acids is 1. The van der Waals surface area contributed by atoms with Gasteiger partial charge in [0, 0.05) is 5.56 Å². The molecule has 1 rings (SSSR count). The lowest BCUT2D eigenvalue weighted by atomic mass is 10.2. The normalized spacial score (nSPS) is 8.62. The maximum Gasteiger partial charge on any atom is 0.150 e. The molecule has 0 aliphatic heterocycles. The van der Waals surface area contributed by atoms with Crippen molar-refractivity contribution in [3.05, 3.63) is 33.8 Å². The van der Waals surface area contributed by atoms with Gasteiger partial charge in [-0.15, -0.1) is 23.2 Å². The van der Waals surface area contributed by atoms with Gasteiger partial charge in [-0.3, -0.25) is 4.79 Å². The Morgan fingerprint density at radius 1 is 1.15 bits per heavy atom. The van der Waals surface area contributed by atoms with E-state index in [4.69, 9.17) is 46.4 Å². The molecule has 0 radical (unpaired) electrons. The number of benzene rings is 1. The van der Waals surface area contributed by atoms with Crippen molar-refractivity contribution >= 4 is 52.7 Å². The van der Waals surface area contributed by atoms with Crippen LogP contribution in [0.4, 0.5) is 0 Å². The van der Waals surface area contributed by atoms with Crippen molar-refractivity contribution in [2.24, 2.45) is 0 Å². The van der Waals surface area contributed by atoms with Crippen molar-refractivity contribution in [3.63, 3.8) is 0 Å². The number of rotatable bonds is 1. The minimum atomic E-state index is 0.194.